The first-order valence-electron chi connectivity index (χ1n) is 26.3. The second-order valence-corrected chi connectivity index (χ2v) is 17.8. The molecule has 0 aromatic rings. The fraction of sp³-hybridized carbons (Fsp3) is 0.870. The number of ether oxygens (including phenoxy) is 3. The molecular formula is C54H100O6. The Hall–Kier alpha value is -2.11. The summed E-state index contributed by atoms with van der Waals surface area (Å²) in [6.45, 7) is 6.62. The molecule has 1 atom stereocenters. The highest BCUT2D eigenvalue weighted by Crippen LogP contribution is 2.16. The Labute approximate surface area is 373 Å². The van der Waals surface area contributed by atoms with Crippen molar-refractivity contribution in [3.8, 4) is 0 Å². The predicted molar refractivity (Wildman–Crippen MR) is 256 cm³/mol. The van der Waals surface area contributed by atoms with Crippen LogP contribution in [-0.4, -0.2) is 37.2 Å². The number of hydrogen-bond acceptors (Lipinski definition) is 6. The van der Waals surface area contributed by atoms with Crippen LogP contribution in [0.4, 0.5) is 0 Å². The molecule has 60 heavy (non-hydrogen) atoms. The first-order chi connectivity index (χ1) is 29.5. The lowest BCUT2D eigenvalue weighted by Crippen LogP contribution is -2.30. The number of carbonyl (C=O) groups is 3. The number of carbonyl (C=O) groups excluding carboxylic acids is 3. The summed E-state index contributed by atoms with van der Waals surface area (Å²) in [4.78, 5) is 37.9. The summed E-state index contributed by atoms with van der Waals surface area (Å²) in [5, 5.41) is 0. The first-order valence-corrected chi connectivity index (χ1v) is 26.3. The maximum absolute atomic E-state index is 12.8. The molecule has 0 heterocycles. The van der Waals surface area contributed by atoms with Crippen LogP contribution in [0.2, 0.25) is 0 Å². The molecule has 352 valence electrons. The van der Waals surface area contributed by atoms with Gasteiger partial charge in [0.1, 0.15) is 13.2 Å². The van der Waals surface area contributed by atoms with Gasteiger partial charge in [-0.05, 0) is 51.4 Å². The molecule has 0 aliphatic carbocycles. The lowest BCUT2D eigenvalue weighted by atomic mass is 10.0. The van der Waals surface area contributed by atoms with Crippen LogP contribution >= 0.6 is 0 Å². The topological polar surface area (TPSA) is 78.9 Å². The molecule has 0 aromatic carbocycles. The number of unbranched alkanes of at least 4 members (excludes halogenated alkanes) is 33. The van der Waals surface area contributed by atoms with Gasteiger partial charge in [-0.15, -0.1) is 0 Å². The van der Waals surface area contributed by atoms with Crippen molar-refractivity contribution >= 4 is 17.9 Å². The summed E-state index contributed by atoms with van der Waals surface area (Å²) in [5.41, 5.74) is 0. The van der Waals surface area contributed by atoms with Crippen molar-refractivity contribution in [2.75, 3.05) is 13.2 Å². The summed E-state index contributed by atoms with van der Waals surface area (Å²) < 4.78 is 16.8. The van der Waals surface area contributed by atoms with Crippen molar-refractivity contribution < 1.29 is 28.6 Å². The molecule has 1 unspecified atom stereocenters. The maximum Gasteiger partial charge on any atom is 0.306 e. The number of allylic oxidation sites excluding steroid dienone is 4. The minimum Gasteiger partial charge on any atom is -0.462 e. The Morgan fingerprint density at radius 2 is 0.600 bits per heavy atom. The third-order valence-electron chi connectivity index (χ3n) is 11.7. The molecule has 0 spiro atoms. The Morgan fingerprint density at radius 3 is 0.950 bits per heavy atom. The molecule has 0 rings (SSSR count). The SMILES string of the molecule is CCCCC/C=C\C/C=C\CCCCCCCCCC(=O)OCC(COC(=O)CCCCCCCCCCC)OC(=O)CCCCCCCCCCCCCCCCCC. The van der Waals surface area contributed by atoms with E-state index in [1.54, 1.807) is 0 Å². The second kappa shape index (κ2) is 49.5. The Bertz CT molecular complexity index is 973. The highest BCUT2D eigenvalue weighted by molar-refractivity contribution is 5.71. The summed E-state index contributed by atoms with van der Waals surface area (Å²) in [6, 6.07) is 0. The maximum atomic E-state index is 12.8. The van der Waals surface area contributed by atoms with Crippen molar-refractivity contribution in [1.29, 1.82) is 0 Å². The molecule has 0 aromatic heterocycles. The summed E-state index contributed by atoms with van der Waals surface area (Å²) in [6.07, 6.45) is 55.9. The summed E-state index contributed by atoms with van der Waals surface area (Å²) in [7, 11) is 0. The minimum atomic E-state index is -0.767. The lowest BCUT2D eigenvalue weighted by Gasteiger charge is -2.18. The van der Waals surface area contributed by atoms with E-state index < -0.39 is 6.10 Å². The van der Waals surface area contributed by atoms with Crippen LogP contribution in [0.3, 0.4) is 0 Å². The van der Waals surface area contributed by atoms with Gasteiger partial charge in [0.25, 0.3) is 0 Å². The quantitative estimate of drug-likeness (QED) is 0.0263. The zero-order chi connectivity index (χ0) is 43.7. The van der Waals surface area contributed by atoms with Gasteiger partial charge in [-0.3, -0.25) is 14.4 Å². The number of esters is 3. The fourth-order valence-electron chi connectivity index (χ4n) is 7.71. The van der Waals surface area contributed by atoms with Gasteiger partial charge in [0, 0.05) is 19.3 Å². The van der Waals surface area contributed by atoms with Gasteiger partial charge in [-0.1, -0.05) is 238 Å². The molecule has 0 N–H and O–H groups in total. The van der Waals surface area contributed by atoms with Crippen LogP contribution in [0.5, 0.6) is 0 Å². The third kappa shape index (κ3) is 46.9. The molecule has 0 bridgehead atoms. The molecular weight excluding hydrogens is 745 g/mol. The molecule has 0 amide bonds. The summed E-state index contributed by atoms with van der Waals surface area (Å²) >= 11 is 0. The van der Waals surface area contributed by atoms with E-state index >= 15 is 0 Å². The Morgan fingerprint density at radius 1 is 0.333 bits per heavy atom. The van der Waals surface area contributed by atoms with Gasteiger partial charge in [0.2, 0.25) is 0 Å². The average molecular weight is 845 g/mol. The number of rotatable bonds is 48. The van der Waals surface area contributed by atoms with Crippen LogP contribution in [0.15, 0.2) is 24.3 Å². The van der Waals surface area contributed by atoms with Crippen LogP contribution in [0.25, 0.3) is 0 Å². The highest BCUT2D eigenvalue weighted by Gasteiger charge is 2.19. The van der Waals surface area contributed by atoms with Gasteiger partial charge >= 0.3 is 17.9 Å². The van der Waals surface area contributed by atoms with Crippen molar-refractivity contribution in [2.24, 2.45) is 0 Å². The van der Waals surface area contributed by atoms with Crippen LogP contribution in [-0.2, 0) is 28.6 Å². The molecule has 6 heteroatoms. The molecule has 0 aliphatic rings. The van der Waals surface area contributed by atoms with Crippen LogP contribution in [0.1, 0.15) is 284 Å². The van der Waals surface area contributed by atoms with Gasteiger partial charge < -0.3 is 14.2 Å². The fourth-order valence-corrected chi connectivity index (χ4v) is 7.71. The van der Waals surface area contributed by atoms with E-state index in [1.807, 2.05) is 0 Å². The van der Waals surface area contributed by atoms with E-state index in [0.29, 0.717) is 19.3 Å². The molecule has 0 fully saturated rings. The van der Waals surface area contributed by atoms with E-state index in [2.05, 4.69) is 45.1 Å². The second-order valence-electron chi connectivity index (χ2n) is 17.8. The molecule has 0 aliphatic heterocycles. The zero-order valence-electron chi connectivity index (χ0n) is 40.2. The van der Waals surface area contributed by atoms with Gasteiger partial charge in [0.15, 0.2) is 6.10 Å². The van der Waals surface area contributed by atoms with E-state index in [1.165, 1.54) is 173 Å². The van der Waals surface area contributed by atoms with Crippen LogP contribution < -0.4 is 0 Å². The normalized spacial score (nSPS) is 12.1. The van der Waals surface area contributed by atoms with Crippen molar-refractivity contribution in [3.05, 3.63) is 24.3 Å². The van der Waals surface area contributed by atoms with Crippen molar-refractivity contribution in [1.82, 2.24) is 0 Å². The molecule has 0 radical (unpaired) electrons. The zero-order valence-corrected chi connectivity index (χ0v) is 40.2. The standard InChI is InChI=1S/C54H100O6/c1-4-7-10-13-16-19-21-23-25-27-29-30-32-35-38-41-44-47-53(56)59-50-51(49-58-52(55)46-43-40-37-34-18-15-12-9-6-3)60-54(57)48-45-42-39-36-33-31-28-26-24-22-20-17-14-11-8-5-2/h16,19,23,25,51H,4-15,17-18,20-22,24,26-50H2,1-3H3/b19-16-,25-23-. The van der Waals surface area contributed by atoms with E-state index in [4.69, 9.17) is 14.2 Å². The predicted octanol–water partition coefficient (Wildman–Crippen LogP) is 17.2. The van der Waals surface area contributed by atoms with Gasteiger partial charge in [0.05, 0.1) is 0 Å². The van der Waals surface area contributed by atoms with Crippen LogP contribution in [0, 0.1) is 0 Å². The Balaban J connectivity index is 4.29. The largest absolute Gasteiger partial charge is 0.462 e. The van der Waals surface area contributed by atoms with Crippen molar-refractivity contribution in [3.63, 3.8) is 0 Å². The minimum absolute atomic E-state index is 0.0692. The van der Waals surface area contributed by atoms with Gasteiger partial charge in [-0.25, -0.2) is 0 Å². The molecule has 0 saturated carbocycles. The van der Waals surface area contributed by atoms with Gasteiger partial charge in [-0.2, -0.15) is 0 Å². The monoisotopic (exact) mass is 845 g/mol. The van der Waals surface area contributed by atoms with Crippen molar-refractivity contribution in [2.45, 2.75) is 290 Å². The third-order valence-corrected chi connectivity index (χ3v) is 11.7. The first kappa shape index (κ1) is 57.9. The van der Waals surface area contributed by atoms with E-state index in [0.717, 1.165) is 70.6 Å². The number of hydrogen-bond donors (Lipinski definition) is 0. The molecule has 6 nitrogen and oxygen atoms in total. The summed E-state index contributed by atoms with van der Waals surface area (Å²) in [5.74, 6) is -0.865. The molecule has 0 saturated heterocycles. The Kier molecular flexibility index (Phi) is 47.8. The smallest absolute Gasteiger partial charge is 0.306 e. The van der Waals surface area contributed by atoms with E-state index in [9.17, 15) is 14.4 Å². The highest BCUT2D eigenvalue weighted by atomic mass is 16.6. The lowest BCUT2D eigenvalue weighted by molar-refractivity contribution is -0.167. The average Bonchev–Trinajstić information content (AvgIpc) is 3.24. The van der Waals surface area contributed by atoms with E-state index in [-0.39, 0.29) is 31.1 Å².